The minimum Gasteiger partial charge on any atom is -0.337 e. The molecule has 0 atom stereocenters. The molecule has 1 amide bonds. The molecule has 1 aromatic heterocycles. The lowest BCUT2D eigenvalue weighted by Crippen LogP contribution is -2.44. The maximum absolute atomic E-state index is 12.9. The summed E-state index contributed by atoms with van der Waals surface area (Å²) in [5.74, 6) is 0.0108. The van der Waals surface area contributed by atoms with E-state index in [0.29, 0.717) is 11.1 Å². The minimum atomic E-state index is 0. The Bertz CT molecular complexity index is 770. The number of hydrogen-bond acceptors (Lipinski definition) is 4. The second-order valence-corrected chi connectivity index (χ2v) is 7.49. The number of aryl methyl sites for hydroxylation is 1. The number of carbonyl (C=O) groups excluding carboxylic acids is 1. The number of halogens is 1. The van der Waals surface area contributed by atoms with Gasteiger partial charge in [-0.05, 0) is 57.2 Å². The summed E-state index contributed by atoms with van der Waals surface area (Å²) in [4.78, 5) is 14.9. The Balaban J connectivity index is 0.00000196. The Kier molecular flexibility index (Phi) is 5.34. The zero-order valence-electron chi connectivity index (χ0n) is 15.4. The summed E-state index contributed by atoms with van der Waals surface area (Å²) in [6.07, 6.45) is 3.39. The summed E-state index contributed by atoms with van der Waals surface area (Å²) < 4.78 is 1.75. The van der Waals surface area contributed by atoms with Crippen LogP contribution in [0.4, 0.5) is 0 Å². The van der Waals surface area contributed by atoms with Gasteiger partial charge in [0.1, 0.15) is 0 Å². The standard InChI is InChI=1S/C19H25N5O.ClH/c1-14-3-5-16(6-4-14)24-15(2)17(21-22-24)18(25)23-11-8-19(9-12-23)7-10-20-13-19;/h3-6,20H,7-13H2,1-2H3;1H. The third-order valence-electron chi connectivity index (χ3n) is 5.82. The van der Waals surface area contributed by atoms with Gasteiger partial charge >= 0.3 is 0 Å². The van der Waals surface area contributed by atoms with Crippen LogP contribution < -0.4 is 5.32 Å². The van der Waals surface area contributed by atoms with Crippen LogP contribution in [-0.4, -0.2) is 52.0 Å². The van der Waals surface area contributed by atoms with Gasteiger partial charge in [-0.2, -0.15) is 0 Å². The predicted octanol–water partition coefficient (Wildman–Crippen LogP) is 2.52. The highest BCUT2D eigenvalue weighted by molar-refractivity contribution is 5.93. The van der Waals surface area contributed by atoms with Gasteiger partial charge in [-0.15, -0.1) is 17.5 Å². The first-order valence-electron chi connectivity index (χ1n) is 9.07. The third kappa shape index (κ3) is 3.35. The van der Waals surface area contributed by atoms with Crippen molar-refractivity contribution in [2.75, 3.05) is 26.2 Å². The van der Waals surface area contributed by atoms with Crippen molar-refractivity contribution in [3.05, 3.63) is 41.2 Å². The number of aromatic nitrogens is 3. The summed E-state index contributed by atoms with van der Waals surface area (Å²) in [7, 11) is 0. The Hall–Kier alpha value is -1.92. The molecule has 2 aliphatic rings. The lowest BCUT2D eigenvalue weighted by molar-refractivity contribution is 0.0601. The SMILES string of the molecule is Cc1ccc(-n2nnc(C(=O)N3CCC4(CCNC4)CC3)c2C)cc1.Cl. The molecular formula is C19H26ClN5O. The van der Waals surface area contributed by atoms with Gasteiger partial charge < -0.3 is 10.2 Å². The number of likely N-dealkylation sites (tertiary alicyclic amines) is 1. The number of nitrogens with one attached hydrogen (secondary N) is 1. The van der Waals surface area contributed by atoms with Crippen LogP contribution in [0.5, 0.6) is 0 Å². The first kappa shape index (κ1) is 18.9. The van der Waals surface area contributed by atoms with Crippen LogP contribution in [0.2, 0.25) is 0 Å². The first-order chi connectivity index (χ1) is 12.1. The Morgan fingerprint density at radius 2 is 1.81 bits per heavy atom. The molecule has 7 heteroatoms. The van der Waals surface area contributed by atoms with Gasteiger partial charge in [0.2, 0.25) is 0 Å². The van der Waals surface area contributed by atoms with Gasteiger partial charge in [0.25, 0.3) is 5.91 Å². The van der Waals surface area contributed by atoms with Crippen molar-refractivity contribution in [3.63, 3.8) is 0 Å². The van der Waals surface area contributed by atoms with Gasteiger partial charge in [0.05, 0.1) is 11.4 Å². The minimum absolute atomic E-state index is 0. The molecule has 0 radical (unpaired) electrons. The maximum atomic E-state index is 12.9. The second kappa shape index (κ2) is 7.37. The Morgan fingerprint density at radius 3 is 2.42 bits per heavy atom. The molecule has 2 fully saturated rings. The van der Waals surface area contributed by atoms with E-state index in [2.05, 4.69) is 22.6 Å². The van der Waals surface area contributed by atoms with Gasteiger partial charge in [-0.25, -0.2) is 4.68 Å². The molecule has 1 aromatic carbocycles. The summed E-state index contributed by atoms with van der Waals surface area (Å²) in [6.45, 7) is 7.81. The Morgan fingerprint density at radius 1 is 1.12 bits per heavy atom. The van der Waals surface area contributed by atoms with Crippen molar-refractivity contribution >= 4 is 18.3 Å². The van der Waals surface area contributed by atoms with E-state index in [4.69, 9.17) is 0 Å². The topological polar surface area (TPSA) is 63.1 Å². The van der Waals surface area contributed by atoms with E-state index in [1.54, 1.807) is 4.68 Å². The number of nitrogens with zero attached hydrogens (tertiary/aromatic N) is 4. The van der Waals surface area contributed by atoms with Crippen LogP contribution in [0.15, 0.2) is 24.3 Å². The number of piperidine rings is 1. The average molecular weight is 376 g/mol. The van der Waals surface area contributed by atoms with E-state index < -0.39 is 0 Å². The van der Waals surface area contributed by atoms with Crippen LogP contribution in [-0.2, 0) is 0 Å². The molecule has 4 rings (SSSR count). The first-order valence-corrected chi connectivity index (χ1v) is 9.07. The number of hydrogen-bond donors (Lipinski definition) is 1. The van der Waals surface area contributed by atoms with E-state index >= 15 is 0 Å². The lowest BCUT2D eigenvalue weighted by Gasteiger charge is -2.38. The van der Waals surface area contributed by atoms with Crippen molar-refractivity contribution < 1.29 is 4.79 Å². The highest BCUT2D eigenvalue weighted by atomic mass is 35.5. The number of carbonyl (C=O) groups is 1. The lowest BCUT2D eigenvalue weighted by atomic mass is 9.78. The van der Waals surface area contributed by atoms with Crippen molar-refractivity contribution in [2.24, 2.45) is 5.41 Å². The molecule has 0 unspecified atom stereocenters. The molecule has 0 saturated carbocycles. The fourth-order valence-corrected chi connectivity index (χ4v) is 4.01. The van der Waals surface area contributed by atoms with Crippen LogP contribution in [0.1, 0.15) is 41.0 Å². The molecule has 1 N–H and O–H groups in total. The van der Waals surface area contributed by atoms with E-state index in [0.717, 1.165) is 50.4 Å². The molecule has 26 heavy (non-hydrogen) atoms. The number of benzene rings is 1. The Labute approximate surface area is 160 Å². The van der Waals surface area contributed by atoms with Crippen molar-refractivity contribution in [3.8, 4) is 5.69 Å². The van der Waals surface area contributed by atoms with Crippen LogP contribution in [0, 0.1) is 19.3 Å². The normalized spacial score (nSPS) is 18.8. The van der Waals surface area contributed by atoms with E-state index in [-0.39, 0.29) is 18.3 Å². The number of rotatable bonds is 2. The fourth-order valence-electron chi connectivity index (χ4n) is 4.01. The van der Waals surface area contributed by atoms with Crippen LogP contribution >= 0.6 is 12.4 Å². The van der Waals surface area contributed by atoms with Crippen LogP contribution in [0.3, 0.4) is 0 Å². The molecule has 2 saturated heterocycles. The molecule has 140 valence electrons. The van der Waals surface area contributed by atoms with Gasteiger partial charge in [-0.3, -0.25) is 4.79 Å². The summed E-state index contributed by atoms with van der Waals surface area (Å²) >= 11 is 0. The zero-order valence-corrected chi connectivity index (χ0v) is 16.2. The van der Waals surface area contributed by atoms with Crippen molar-refractivity contribution in [1.29, 1.82) is 0 Å². The molecule has 2 aromatic rings. The molecule has 0 aliphatic carbocycles. The fraction of sp³-hybridized carbons (Fsp3) is 0.526. The zero-order chi connectivity index (χ0) is 17.4. The van der Waals surface area contributed by atoms with Gasteiger partial charge in [0, 0.05) is 19.6 Å². The second-order valence-electron chi connectivity index (χ2n) is 7.49. The number of amides is 1. The largest absolute Gasteiger partial charge is 0.337 e. The monoisotopic (exact) mass is 375 g/mol. The van der Waals surface area contributed by atoms with Gasteiger partial charge in [-0.1, -0.05) is 22.9 Å². The van der Waals surface area contributed by atoms with Crippen molar-refractivity contribution in [2.45, 2.75) is 33.1 Å². The third-order valence-corrected chi connectivity index (χ3v) is 5.82. The average Bonchev–Trinajstić information content (AvgIpc) is 3.23. The molecule has 3 heterocycles. The molecular weight excluding hydrogens is 350 g/mol. The molecule has 6 nitrogen and oxygen atoms in total. The predicted molar refractivity (Wildman–Crippen MR) is 103 cm³/mol. The highest BCUT2D eigenvalue weighted by Gasteiger charge is 2.38. The molecule has 0 bridgehead atoms. The summed E-state index contributed by atoms with van der Waals surface area (Å²) in [6, 6.07) is 8.08. The molecule has 2 aliphatic heterocycles. The van der Waals surface area contributed by atoms with Crippen molar-refractivity contribution in [1.82, 2.24) is 25.2 Å². The maximum Gasteiger partial charge on any atom is 0.276 e. The smallest absolute Gasteiger partial charge is 0.276 e. The highest BCUT2D eigenvalue weighted by Crippen LogP contribution is 2.37. The van der Waals surface area contributed by atoms with Gasteiger partial charge in [0.15, 0.2) is 5.69 Å². The quantitative estimate of drug-likeness (QED) is 0.876. The summed E-state index contributed by atoms with van der Waals surface area (Å²) in [5.41, 5.74) is 3.81. The van der Waals surface area contributed by atoms with Crippen LogP contribution in [0.25, 0.3) is 5.69 Å². The van der Waals surface area contributed by atoms with E-state index in [9.17, 15) is 4.79 Å². The molecule has 1 spiro atoms. The van der Waals surface area contributed by atoms with E-state index in [1.807, 2.05) is 36.1 Å². The summed E-state index contributed by atoms with van der Waals surface area (Å²) in [5, 5.41) is 11.9. The van der Waals surface area contributed by atoms with E-state index in [1.165, 1.54) is 12.0 Å².